The summed E-state index contributed by atoms with van der Waals surface area (Å²) in [6.07, 6.45) is 1.27. The van der Waals surface area contributed by atoms with E-state index in [1.54, 1.807) is 0 Å². The fourth-order valence-corrected chi connectivity index (χ4v) is 0.689. The van der Waals surface area contributed by atoms with Gasteiger partial charge in [-0.15, -0.1) is 0 Å². The molecule has 5 N–H and O–H groups in total. The third-order valence-corrected chi connectivity index (χ3v) is 1.27. The van der Waals surface area contributed by atoms with Crippen molar-refractivity contribution in [2.24, 2.45) is 0 Å². The monoisotopic (exact) mass is 183 g/mol. The largest absolute Gasteiger partial charge is 0.383 e. The Labute approximate surface area is 73.7 Å². The quantitative estimate of drug-likeness (QED) is 0.408. The van der Waals surface area contributed by atoms with Gasteiger partial charge in [0.25, 0.3) is 5.91 Å². The van der Waals surface area contributed by atoms with Gasteiger partial charge in [-0.2, -0.15) is 5.10 Å². The first-order valence-electron chi connectivity index (χ1n) is 3.47. The molecule has 0 aliphatic heterocycles. The van der Waals surface area contributed by atoms with Crippen molar-refractivity contribution in [3.8, 4) is 0 Å². The smallest absolute Gasteiger partial charge is 0.275 e. The third-order valence-electron chi connectivity index (χ3n) is 1.27. The third kappa shape index (κ3) is 2.19. The molecule has 0 saturated carbocycles. The molecule has 0 unspecified atom stereocenters. The Balaban J connectivity index is 2.59. The van der Waals surface area contributed by atoms with Crippen molar-refractivity contribution in [1.29, 1.82) is 0 Å². The van der Waals surface area contributed by atoms with E-state index in [1.165, 1.54) is 13.1 Å². The number of aromatic amines is 1. The van der Waals surface area contributed by atoms with E-state index in [9.17, 15) is 9.59 Å². The summed E-state index contributed by atoms with van der Waals surface area (Å²) in [7, 11) is 0. The van der Waals surface area contributed by atoms with Gasteiger partial charge in [-0.3, -0.25) is 25.5 Å². The fraction of sp³-hybridized carbons (Fsp3) is 0.167. The van der Waals surface area contributed by atoms with Gasteiger partial charge in [-0.25, -0.2) is 0 Å². The van der Waals surface area contributed by atoms with Gasteiger partial charge in [0, 0.05) is 6.92 Å². The Hall–Kier alpha value is -2.05. The maximum absolute atomic E-state index is 11.2. The molecule has 70 valence electrons. The maximum Gasteiger partial charge on any atom is 0.275 e. The van der Waals surface area contributed by atoms with E-state index in [4.69, 9.17) is 5.73 Å². The van der Waals surface area contributed by atoms with Crippen molar-refractivity contribution in [1.82, 2.24) is 21.0 Å². The maximum atomic E-state index is 11.2. The first-order valence-corrected chi connectivity index (χ1v) is 3.47. The number of carbonyl (C=O) groups excluding carboxylic acids is 2. The summed E-state index contributed by atoms with van der Waals surface area (Å²) in [6, 6.07) is 0. The molecule has 0 aliphatic carbocycles. The molecule has 0 radical (unpaired) electrons. The van der Waals surface area contributed by atoms with Crippen molar-refractivity contribution in [3.05, 3.63) is 11.8 Å². The normalized spacial score (nSPS) is 9.31. The van der Waals surface area contributed by atoms with Gasteiger partial charge >= 0.3 is 0 Å². The van der Waals surface area contributed by atoms with E-state index in [0.29, 0.717) is 0 Å². The van der Waals surface area contributed by atoms with Gasteiger partial charge in [-0.1, -0.05) is 0 Å². The molecule has 0 aromatic carbocycles. The number of nitrogens with zero attached hydrogens (tertiary/aromatic N) is 1. The van der Waals surface area contributed by atoms with E-state index in [0.717, 1.165) is 0 Å². The summed E-state index contributed by atoms with van der Waals surface area (Å²) in [5.41, 5.74) is 9.82. The van der Waals surface area contributed by atoms with E-state index >= 15 is 0 Å². The second kappa shape index (κ2) is 3.57. The molecular weight excluding hydrogens is 174 g/mol. The van der Waals surface area contributed by atoms with E-state index in [2.05, 4.69) is 21.0 Å². The van der Waals surface area contributed by atoms with Gasteiger partial charge in [0.2, 0.25) is 5.91 Å². The number of aromatic nitrogens is 2. The van der Waals surface area contributed by atoms with Crippen molar-refractivity contribution in [2.45, 2.75) is 6.92 Å². The van der Waals surface area contributed by atoms with Crippen molar-refractivity contribution >= 4 is 17.6 Å². The molecule has 0 aliphatic rings. The van der Waals surface area contributed by atoms with Crippen LogP contribution < -0.4 is 16.6 Å². The zero-order valence-corrected chi connectivity index (χ0v) is 6.92. The highest BCUT2D eigenvalue weighted by Crippen LogP contribution is 2.03. The number of carbonyl (C=O) groups is 2. The number of nitrogens with two attached hydrogens (primary N) is 1. The fourth-order valence-electron chi connectivity index (χ4n) is 0.689. The minimum atomic E-state index is -0.513. The topological polar surface area (TPSA) is 113 Å². The number of hydrazine groups is 1. The summed E-state index contributed by atoms with van der Waals surface area (Å²) in [6.45, 7) is 1.28. The first kappa shape index (κ1) is 9.04. The standard InChI is InChI=1S/C6H9N5O2/c1-3(12)9-11-6(13)4-2-8-10-5(4)7/h2H,1H3,(H,9,12)(H,11,13)(H3,7,8,10). The highest BCUT2D eigenvalue weighted by Gasteiger charge is 2.10. The molecule has 2 amide bonds. The molecule has 0 atom stereocenters. The Kier molecular flexibility index (Phi) is 2.48. The number of amides is 2. The molecule has 1 aromatic heterocycles. The van der Waals surface area contributed by atoms with Gasteiger partial charge in [-0.05, 0) is 0 Å². The molecule has 1 aromatic rings. The number of hydrogen-bond acceptors (Lipinski definition) is 4. The van der Waals surface area contributed by atoms with Crippen LogP contribution in [0.4, 0.5) is 5.82 Å². The molecule has 0 fully saturated rings. The van der Waals surface area contributed by atoms with Gasteiger partial charge in [0.15, 0.2) is 0 Å². The van der Waals surface area contributed by atoms with E-state index in [1.807, 2.05) is 0 Å². The predicted octanol–water partition coefficient (Wildman–Crippen LogP) is -1.23. The summed E-state index contributed by atoms with van der Waals surface area (Å²) in [4.78, 5) is 21.6. The average Bonchev–Trinajstić information content (AvgIpc) is 2.47. The predicted molar refractivity (Wildman–Crippen MR) is 44.3 cm³/mol. The van der Waals surface area contributed by atoms with Crippen LogP contribution in [0.5, 0.6) is 0 Å². The van der Waals surface area contributed by atoms with Crippen LogP contribution in [-0.4, -0.2) is 22.0 Å². The Morgan fingerprint density at radius 2 is 2.23 bits per heavy atom. The molecular formula is C6H9N5O2. The Morgan fingerprint density at radius 1 is 1.54 bits per heavy atom. The van der Waals surface area contributed by atoms with Crippen LogP contribution in [0.15, 0.2) is 6.20 Å². The number of H-pyrrole nitrogens is 1. The lowest BCUT2D eigenvalue weighted by atomic mass is 10.3. The lowest BCUT2D eigenvalue weighted by Gasteiger charge is -2.02. The van der Waals surface area contributed by atoms with Gasteiger partial charge in [0.05, 0.1) is 6.20 Å². The van der Waals surface area contributed by atoms with Crippen LogP contribution >= 0.6 is 0 Å². The van der Waals surface area contributed by atoms with Crippen molar-refractivity contribution in [2.75, 3.05) is 5.73 Å². The highest BCUT2D eigenvalue weighted by atomic mass is 16.2. The molecule has 7 heteroatoms. The molecule has 13 heavy (non-hydrogen) atoms. The summed E-state index contributed by atoms with van der Waals surface area (Å²) in [5.74, 6) is -0.722. The number of hydrogen-bond donors (Lipinski definition) is 4. The lowest BCUT2D eigenvalue weighted by Crippen LogP contribution is -2.40. The second-order valence-electron chi connectivity index (χ2n) is 2.33. The van der Waals surface area contributed by atoms with Crippen LogP contribution in [0.25, 0.3) is 0 Å². The first-order chi connectivity index (χ1) is 6.11. The SMILES string of the molecule is CC(=O)NNC(=O)c1cn[nH]c1N. The molecule has 1 heterocycles. The molecule has 0 bridgehead atoms. The molecule has 7 nitrogen and oxygen atoms in total. The number of rotatable bonds is 1. The van der Waals surface area contributed by atoms with Gasteiger partial charge < -0.3 is 5.73 Å². The minimum absolute atomic E-state index is 0.155. The number of nitrogen functional groups attached to an aromatic ring is 1. The lowest BCUT2D eigenvalue weighted by molar-refractivity contribution is -0.119. The molecule has 0 spiro atoms. The van der Waals surface area contributed by atoms with Crippen LogP contribution in [0.2, 0.25) is 0 Å². The summed E-state index contributed by atoms with van der Waals surface area (Å²) in [5, 5.41) is 5.94. The van der Waals surface area contributed by atoms with Crippen LogP contribution in [-0.2, 0) is 4.79 Å². The van der Waals surface area contributed by atoms with E-state index < -0.39 is 5.91 Å². The minimum Gasteiger partial charge on any atom is -0.383 e. The molecule has 1 rings (SSSR count). The number of nitrogens with one attached hydrogen (secondary N) is 3. The zero-order valence-electron chi connectivity index (χ0n) is 6.92. The van der Waals surface area contributed by atoms with Crippen LogP contribution in [0, 0.1) is 0 Å². The van der Waals surface area contributed by atoms with E-state index in [-0.39, 0.29) is 17.3 Å². The highest BCUT2D eigenvalue weighted by molar-refractivity contribution is 5.98. The summed E-state index contributed by atoms with van der Waals surface area (Å²) < 4.78 is 0. The van der Waals surface area contributed by atoms with Crippen LogP contribution in [0.3, 0.4) is 0 Å². The summed E-state index contributed by atoms with van der Waals surface area (Å²) >= 11 is 0. The Morgan fingerprint density at radius 3 is 2.69 bits per heavy atom. The second-order valence-corrected chi connectivity index (χ2v) is 2.33. The zero-order chi connectivity index (χ0) is 9.84. The number of anilines is 1. The van der Waals surface area contributed by atoms with Crippen molar-refractivity contribution < 1.29 is 9.59 Å². The van der Waals surface area contributed by atoms with Gasteiger partial charge in [0.1, 0.15) is 11.4 Å². The average molecular weight is 183 g/mol. The molecule has 0 saturated heterocycles. The Bertz CT molecular complexity index is 332. The van der Waals surface area contributed by atoms with Crippen LogP contribution in [0.1, 0.15) is 17.3 Å². The van der Waals surface area contributed by atoms with Crippen molar-refractivity contribution in [3.63, 3.8) is 0 Å².